The van der Waals surface area contributed by atoms with Crippen LogP contribution in [0.25, 0.3) is 0 Å². The Morgan fingerprint density at radius 1 is 1.06 bits per heavy atom. The van der Waals surface area contributed by atoms with E-state index < -0.39 is 23.8 Å². The van der Waals surface area contributed by atoms with E-state index in [0.717, 1.165) is 24.3 Å². The lowest BCUT2D eigenvalue weighted by atomic mass is 10.0. The van der Waals surface area contributed by atoms with Crippen LogP contribution in [0, 0.1) is 0 Å². The zero-order valence-corrected chi connectivity index (χ0v) is 9.27. The maximum Gasteiger partial charge on any atom is 0.456 e. The van der Waals surface area contributed by atoms with Crippen molar-refractivity contribution in [2.24, 2.45) is 0 Å². The predicted octanol–water partition coefficient (Wildman–Crippen LogP) is 4.29. The number of halogens is 6. The van der Waals surface area contributed by atoms with Crippen molar-refractivity contribution in [3.63, 3.8) is 0 Å². The molecule has 1 unspecified atom stereocenters. The van der Waals surface area contributed by atoms with Crippen molar-refractivity contribution in [3.8, 4) is 5.75 Å². The maximum atomic E-state index is 13.2. The van der Waals surface area contributed by atoms with Gasteiger partial charge in [0.1, 0.15) is 5.75 Å². The van der Waals surface area contributed by atoms with Crippen LogP contribution in [0.15, 0.2) is 24.3 Å². The van der Waals surface area contributed by atoms with Crippen LogP contribution < -0.4 is 4.74 Å². The Balaban J connectivity index is 2.94. The van der Waals surface area contributed by atoms with Crippen molar-refractivity contribution >= 4 is 0 Å². The van der Waals surface area contributed by atoms with Crippen molar-refractivity contribution in [3.05, 3.63) is 29.8 Å². The zero-order chi connectivity index (χ0) is 14.0. The fraction of sp³-hybridized carbons (Fsp3) is 0.455. The summed E-state index contributed by atoms with van der Waals surface area (Å²) in [7, 11) is 0. The molecule has 0 heterocycles. The minimum atomic E-state index is -5.93. The normalized spacial score (nSPS) is 14.4. The average Bonchev–Trinajstić information content (AvgIpc) is 2.28. The standard InChI is InChI=1S/C11H10F6O/c1-2-18-8-5-3-7(4-6-8)9(12)10(13,14)11(15,16)17/h3-6,9H,2H2,1H3. The Morgan fingerprint density at radius 2 is 1.56 bits per heavy atom. The minimum Gasteiger partial charge on any atom is -0.494 e. The molecule has 1 atom stereocenters. The molecule has 0 aromatic heterocycles. The molecule has 1 rings (SSSR count). The second-order valence-electron chi connectivity index (χ2n) is 3.49. The van der Waals surface area contributed by atoms with Crippen molar-refractivity contribution in [1.29, 1.82) is 0 Å². The third-order valence-electron chi connectivity index (χ3n) is 2.18. The molecule has 0 fully saturated rings. The summed E-state index contributed by atoms with van der Waals surface area (Å²) in [4.78, 5) is 0. The van der Waals surface area contributed by atoms with Gasteiger partial charge in [-0.3, -0.25) is 0 Å². The van der Waals surface area contributed by atoms with Gasteiger partial charge in [0.2, 0.25) is 0 Å². The molecule has 1 aromatic carbocycles. The number of ether oxygens (including phenoxy) is 1. The molecule has 0 saturated heterocycles. The molecule has 1 aromatic rings. The SMILES string of the molecule is CCOc1ccc(C(F)C(F)(F)C(F)(F)F)cc1. The molecule has 0 aliphatic rings. The fourth-order valence-corrected chi connectivity index (χ4v) is 1.25. The van der Waals surface area contributed by atoms with Gasteiger partial charge in [-0.2, -0.15) is 22.0 Å². The number of alkyl halides is 6. The molecule has 0 spiro atoms. The van der Waals surface area contributed by atoms with Gasteiger partial charge < -0.3 is 4.74 Å². The van der Waals surface area contributed by atoms with Gasteiger partial charge in [-0.25, -0.2) is 4.39 Å². The van der Waals surface area contributed by atoms with E-state index in [2.05, 4.69) is 0 Å². The highest BCUT2D eigenvalue weighted by Gasteiger charge is 2.63. The number of benzene rings is 1. The molecule has 7 heteroatoms. The van der Waals surface area contributed by atoms with Crippen LogP contribution in [-0.4, -0.2) is 18.7 Å². The van der Waals surface area contributed by atoms with Gasteiger partial charge in [-0.05, 0) is 24.6 Å². The lowest BCUT2D eigenvalue weighted by Crippen LogP contribution is -2.40. The maximum absolute atomic E-state index is 13.2. The molecular weight excluding hydrogens is 262 g/mol. The number of rotatable bonds is 4. The Bertz CT molecular complexity index is 384. The molecule has 0 aliphatic carbocycles. The molecule has 0 aliphatic heterocycles. The van der Waals surface area contributed by atoms with Crippen LogP contribution in [0.1, 0.15) is 18.7 Å². The molecule has 1 nitrogen and oxygen atoms in total. The molecule has 0 radical (unpaired) electrons. The smallest absolute Gasteiger partial charge is 0.456 e. The minimum absolute atomic E-state index is 0.267. The first-order valence-electron chi connectivity index (χ1n) is 5.01. The second kappa shape index (κ2) is 5.07. The molecular formula is C11H10F6O. The van der Waals surface area contributed by atoms with Crippen molar-refractivity contribution in [1.82, 2.24) is 0 Å². The first-order chi connectivity index (χ1) is 8.20. The Labute approximate surface area is 99.4 Å². The van der Waals surface area contributed by atoms with Gasteiger partial charge in [0, 0.05) is 0 Å². The highest BCUT2D eigenvalue weighted by Crippen LogP contribution is 2.46. The van der Waals surface area contributed by atoms with Crippen molar-refractivity contribution in [2.75, 3.05) is 6.61 Å². The van der Waals surface area contributed by atoms with Crippen LogP contribution in [0.4, 0.5) is 26.3 Å². The van der Waals surface area contributed by atoms with Crippen LogP contribution in [-0.2, 0) is 0 Å². The van der Waals surface area contributed by atoms with Gasteiger partial charge in [0.05, 0.1) is 6.61 Å². The Morgan fingerprint density at radius 3 is 1.94 bits per heavy atom. The Kier molecular flexibility index (Phi) is 4.13. The van der Waals surface area contributed by atoms with Crippen LogP contribution in [0.2, 0.25) is 0 Å². The molecule has 0 amide bonds. The third kappa shape index (κ3) is 2.88. The van der Waals surface area contributed by atoms with Gasteiger partial charge in [0.15, 0.2) is 6.17 Å². The van der Waals surface area contributed by atoms with Gasteiger partial charge in [-0.1, -0.05) is 12.1 Å². The summed E-state index contributed by atoms with van der Waals surface area (Å²) in [6.07, 6.45) is -9.36. The summed E-state index contributed by atoms with van der Waals surface area (Å²) in [5.74, 6) is -5.15. The number of hydrogen-bond donors (Lipinski definition) is 0. The van der Waals surface area contributed by atoms with Gasteiger partial charge >= 0.3 is 12.1 Å². The highest BCUT2D eigenvalue weighted by molar-refractivity contribution is 5.29. The van der Waals surface area contributed by atoms with E-state index in [1.165, 1.54) is 0 Å². The summed E-state index contributed by atoms with van der Waals surface area (Å²) < 4.78 is 79.5. The van der Waals surface area contributed by atoms with Gasteiger partial charge in [0.25, 0.3) is 0 Å². The largest absolute Gasteiger partial charge is 0.494 e. The third-order valence-corrected chi connectivity index (χ3v) is 2.18. The quantitative estimate of drug-likeness (QED) is 0.743. The topological polar surface area (TPSA) is 9.23 Å². The average molecular weight is 272 g/mol. The first kappa shape index (κ1) is 14.7. The number of hydrogen-bond acceptors (Lipinski definition) is 1. The van der Waals surface area contributed by atoms with E-state index in [0.29, 0.717) is 6.61 Å². The van der Waals surface area contributed by atoms with Gasteiger partial charge in [-0.15, -0.1) is 0 Å². The molecule has 0 N–H and O–H groups in total. The summed E-state index contributed by atoms with van der Waals surface area (Å²) in [5.41, 5.74) is -0.749. The lowest BCUT2D eigenvalue weighted by Gasteiger charge is -2.23. The first-order valence-corrected chi connectivity index (χ1v) is 5.01. The lowest BCUT2D eigenvalue weighted by molar-refractivity contribution is -0.305. The summed E-state index contributed by atoms with van der Waals surface area (Å²) in [6, 6.07) is 3.96. The molecule has 0 saturated carbocycles. The van der Waals surface area contributed by atoms with E-state index in [1.54, 1.807) is 6.92 Å². The summed E-state index contributed by atoms with van der Waals surface area (Å²) >= 11 is 0. The molecule has 18 heavy (non-hydrogen) atoms. The summed E-state index contributed by atoms with van der Waals surface area (Å²) in [6.45, 7) is 1.97. The summed E-state index contributed by atoms with van der Waals surface area (Å²) in [5, 5.41) is 0. The van der Waals surface area contributed by atoms with Crippen LogP contribution in [0.3, 0.4) is 0 Å². The fourth-order valence-electron chi connectivity index (χ4n) is 1.25. The van der Waals surface area contributed by atoms with Crippen molar-refractivity contribution in [2.45, 2.75) is 25.2 Å². The second-order valence-corrected chi connectivity index (χ2v) is 3.49. The Hall–Kier alpha value is -1.40. The van der Waals surface area contributed by atoms with Crippen LogP contribution >= 0.6 is 0 Å². The highest BCUT2D eigenvalue weighted by atomic mass is 19.4. The monoisotopic (exact) mass is 272 g/mol. The zero-order valence-electron chi connectivity index (χ0n) is 9.27. The van der Waals surface area contributed by atoms with Crippen molar-refractivity contribution < 1.29 is 31.1 Å². The predicted molar refractivity (Wildman–Crippen MR) is 52.5 cm³/mol. The van der Waals surface area contributed by atoms with Crippen LogP contribution in [0.5, 0.6) is 5.75 Å². The van der Waals surface area contributed by atoms with E-state index in [1.807, 2.05) is 0 Å². The molecule has 0 bridgehead atoms. The van der Waals surface area contributed by atoms with E-state index in [9.17, 15) is 26.3 Å². The van der Waals surface area contributed by atoms with E-state index >= 15 is 0 Å². The van der Waals surface area contributed by atoms with E-state index in [4.69, 9.17) is 4.74 Å². The van der Waals surface area contributed by atoms with E-state index in [-0.39, 0.29) is 5.75 Å². The molecule has 102 valence electrons.